The Kier molecular flexibility index (Phi) is 5.45. The molecule has 3 aromatic rings. The maximum Gasteiger partial charge on any atom is 0.311 e. The molecule has 0 unspecified atom stereocenters. The van der Waals surface area contributed by atoms with Gasteiger partial charge in [0.05, 0.1) is 11.6 Å². The van der Waals surface area contributed by atoms with Crippen LogP contribution in [0.25, 0.3) is 10.8 Å². The van der Waals surface area contributed by atoms with Gasteiger partial charge in [-0.05, 0) is 23.6 Å². The second kappa shape index (κ2) is 8.17. The highest BCUT2D eigenvalue weighted by Crippen LogP contribution is 2.32. The average Bonchev–Trinajstić information content (AvgIpc) is 3.13. The lowest BCUT2D eigenvalue weighted by molar-refractivity contribution is -0.147. The van der Waals surface area contributed by atoms with E-state index in [1.807, 2.05) is 42.5 Å². The molecule has 0 saturated carbocycles. The van der Waals surface area contributed by atoms with E-state index in [9.17, 15) is 14.4 Å². The largest absolute Gasteiger partial charge is 0.457 e. The number of rotatable bonds is 5. The zero-order valence-corrected chi connectivity index (χ0v) is 17.1. The van der Waals surface area contributed by atoms with Crippen molar-refractivity contribution >= 4 is 50.0 Å². The summed E-state index contributed by atoms with van der Waals surface area (Å²) in [6, 6.07) is 20.4. The number of anilines is 1. The molecule has 0 aromatic heterocycles. The number of Topliss-reactive ketones (excluding diaryl/α,β-unsaturated/α-hetero) is 1. The average molecular weight is 452 g/mol. The van der Waals surface area contributed by atoms with Crippen LogP contribution in [0.1, 0.15) is 16.8 Å². The van der Waals surface area contributed by atoms with Gasteiger partial charge in [-0.1, -0.05) is 64.5 Å². The van der Waals surface area contributed by atoms with Crippen LogP contribution in [0, 0.1) is 5.92 Å². The maximum atomic E-state index is 12.6. The summed E-state index contributed by atoms with van der Waals surface area (Å²) in [5.74, 6) is -1.51. The third-order valence-electron chi connectivity index (χ3n) is 5.03. The van der Waals surface area contributed by atoms with E-state index in [1.54, 1.807) is 29.2 Å². The number of hydrogen-bond acceptors (Lipinski definition) is 4. The highest BCUT2D eigenvalue weighted by atomic mass is 79.9. The van der Waals surface area contributed by atoms with Crippen molar-refractivity contribution < 1.29 is 19.1 Å². The zero-order chi connectivity index (χ0) is 20.4. The molecule has 0 spiro atoms. The standard InChI is InChI=1S/C23H18BrNO4/c24-18-10-8-16(9-11-18)21(26)14-29-23(28)17-12-22(27)25(13-17)20-7-3-5-15-4-1-2-6-19(15)20/h1-11,17H,12-14H2/t17-/m0/s1. The summed E-state index contributed by atoms with van der Waals surface area (Å²) in [4.78, 5) is 38.9. The van der Waals surface area contributed by atoms with E-state index in [1.165, 1.54) is 0 Å². The van der Waals surface area contributed by atoms with Crippen LogP contribution in [0.5, 0.6) is 0 Å². The van der Waals surface area contributed by atoms with Crippen LogP contribution >= 0.6 is 15.9 Å². The molecule has 1 fully saturated rings. The second-order valence-electron chi connectivity index (χ2n) is 6.94. The number of hydrogen-bond donors (Lipinski definition) is 0. The van der Waals surface area contributed by atoms with Gasteiger partial charge in [0.2, 0.25) is 5.91 Å². The molecular weight excluding hydrogens is 434 g/mol. The molecule has 29 heavy (non-hydrogen) atoms. The van der Waals surface area contributed by atoms with Gasteiger partial charge in [-0.25, -0.2) is 0 Å². The molecule has 0 aliphatic carbocycles. The molecule has 1 atom stereocenters. The third-order valence-corrected chi connectivity index (χ3v) is 5.56. The van der Waals surface area contributed by atoms with E-state index >= 15 is 0 Å². The lowest BCUT2D eigenvalue weighted by Crippen LogP contribution is -2.27. The van der Waals surface area contributed by atoms with Crippen LogP contribution in [0.3, 0.4) is 0 Å². The molecule has 3 aromatic carbocycles. The minimum atomic E-state index is -0.584. The monoisotopic (exact) mass is 451 g/mol. The number of benzene rings is 3. The smallest absolute Gasteiger partial charge is 0.311 e. The Hall–Kier alpha value is -2.99. The highest BCUT2D eigenvalue weighted by Gasteiger charge is 2.36. The fourth-order valence-corrected chi connectivity index (χ4v) is 3.78. The van der Waals surface area contributed by atoms with Gasteiger partial charge in [-0.2, -0.15) is 0 Å². The topological polar surface area (TPSA) is 63.7 Å². The number of carbonyl (C=O) groups is 3. The molecular formula is C23H18BrNO4. The van der Waals surface area contributed by atoms with Gasteiger partial charge < -0.3 is 9.64 Å². The van der Waals surface area contributed by atoms with Crippen LogP contribution in [-0.4, -0.2) is 30.8 Å². The molecule has 5 nitrogen and oxygen atoms in total. The summed E-state index contributed by atoms with van der Waals surface area (Å²) in [6.45, 7) is -0.0857. The third kappa shape index (κ3) is 4.07. The van der Waals surface area contributed by atoms with E-state index in [4.69, 9.17) is 4.74 Å². The number of esters is 1. The summed E-state index contributed by atoms with van der Waals surface area (Å²) in [5, 5.41) is 1.99. The van der Waals surface area contributed by atoms with Crippen molar-refractivity contribution in [1.29, 1.82) is 0 Å². The number of ether oxygens (including phenoxy) is 1. The number of ketones is 1. The predicted octanol–water partition coefficient (Wildman–Crippen LogP) is 4.38. The molecule has 6 heteroatoms. The van der Waals surface area contributed by atoms with Crippen LogP contribution in [0.15, 0.2) is 71.2 Å². The molecule has 0 N–H and O–H groups in total. The fourth-order valence-electron chi connectivity index (χ4n) is 3.52. The molecule has 0 bridgehead atoms. The number of fused-ring (bicyclic) bond motifs is 1. The molecule has 1 heterocycles. The van der Waals surface area contributed by atoms with Crippen LogP contribution < -0.4 is 4.90 Å². The maximum absolute atomic E-state index is 12.6. The fraction of sp³-hybridized carbons (Fsp3) is 0.174. The molecule has 0 radical (unpaired) electrons. The molecule has 146 valence electrons. The molecule has 1 aliphatic rings. The lowest BCUT2D eigenvalue weighted by atomic mass is 10.1. The SMILES string of the molecule is O=C(COC(=O)[C@H]1CC(=O)N(c2cccc3ccccc23)C1)c1ccc(Br)cc1. The second-order valence-corrected chi connectivity index (χ2v) is 7.86. The van der Waals surface area contributed by atoms with Crippen molar-refractivity contribution in [2.75, 3.05) is 18.1 Å². The van der Waals surface area contributed by atoms with Crippen molar-refractivity contribution in [1.82, 2.24) is 0 Å². The van der Waals surface area contributed by atoms with Crippen molar-refractivity contribution in [2.24, 2.45) is 5.92 Å². The first-order chi connectivity index (χ1) is 14.0. The minimum Gasteiger partial charge on any atom is -0.457 e. The lowest BCUT2D eigenvalue weighted by Gasteiger charge is -2.18. The van der Waals surface area contributed by atoms with Crippen molar-refractivity contribution in [3.8, 4) is 0 Å². The Bertz CT molecular complexity index is 1090. The molecule has 1 amide bonds. The highest BCUT2D eigenvalue weighted by molar-refractivity contribution is 9.10. The Balaban J connectivity index is 1.43. The Morgan fingerprint density at radius 3 is 2.52 bits per heavy atom. The van der Waals surface area contributed by atoms with E-state index < -0.39 is 11.9 Å². The summed E-state index contributed by atoms with van der Waals surface area (Å²) in [7, 11) is 0. The van der Waals surface area contributed by atoms with Gasteiger partial charge in [-0.15, -0.1) is 0 Å². The van der Waals surface area contributed by atoms with Crippen molar-refractivity contribution in [3.63, 3.8) is 0 Å². The van der Waals surface area contributed by atoms with E-state index in [2.05, 4.69) is 15.9 Å². The van der Waals surface area contributed by atoms with Gasteiger partial charge in [0.15, 0.2) is 12.4 Å². The number of nitrogens with zero attached hydrogens (tertiary/aromatic N) is 1. The number of amides is 1. The van der Waals surface area contributed by atoms with Crippen LogP contribution in [-0.2, 0) is 14.3 Å². The normalized spacial score (nSPS) is 16.2. The quantitative estimate of drug-likeness (QED) is 0.426. The summed E-state index contributed by atoms with van der Waals surface area (Å²) in [5.41, 5.74) is 1.26. The van der Waals surface area contributed by atoms with E-state index in [0.29, 0.717) is 5.56 Å². The summed E-state index contributed by atoms with van der Waals surface area (Å²) < 4.78 is 6.08. The first kappa shape index (κ1) is 19.3. The molecule has 1 aliphatic heterocycles. The van der Waals surface area contributed by atoms with Crippen LogP contribution in [0.4, 0.5) is 5.69 Å². The minimum absolute atomic E-state index is 0.0779. The first-order valence-corrected chi connectivity index (χ1v) is 10.1. The Morgan fingerprint density at radius 2 is 1.72 bits per heavy atom. The van der Waals surface area contributed by atoms with Gasteiger partial charge in [0.1, 0.15) is 0 Å². The van der Waals surface area contributed by atoms with Crippen LogP contribution in [0.2, 0.25) is 0 Å². The molecule has 4 rings (SSSR count). The van der Waals surface area contributed by atoms with Gasteiger partial charge >= 0.3 is 5.97 Å². The first-order valence-electron chi connectivity index (χ1n) is 9.26. The summed E-state index contributed by atoms with van der Waals surface area (Å²) >= 11 is 3.31. The Morgan fingerprint density at radius 1 is 1.00 bits per heavy atom. The molecule has 1 saturated heterocycles. The Labute approximate surface area is 176 Å². The summed E-state index contributed by atoms with van der Waals surface area (Å²) in [6.07, 6.45) is 0.0779. The van der Waals surface area contributed by atoms with Gasteiger partial charge in [-0.3, -0.25) is 14.4 Å². The van der Waals surface area contributed by atoms with Gasteiger partial charge in [0.25, 0.3) is 0 Å². The van der Waals surface area contributed by atoms with E-state index in [-0.39, 0.29) is 31.3 Å². The van der Waals surface area contributed by atoms with Crippen molar-refractivity contribution in [3.05, 3.63) is 76.8 Å². The predicted molar refractivity (Wildman–Crippen MR) is 114 cm³/mol. The number of carbonyl (C=O) groups excluding carboxylic acids is 3. The number of halogens is 1. The van der Waals surface area contributed by atoms with Gasteiger partial charge in [0, 0.05) is 28.4 Å². The van der Waals surface area contributed by atoms with Crippen molar-refractivity contribution in [2.45, 2.75) is 6.42 Å². The van der Waals surface area contributed by atoms with E-state index in [0.717, 1.165) is 20.9 Å². The zero-order valence-electron chi connectivity index (χ0n) is 15.5.